The van der Waals surface area contributed by atoms with Crippen LogP contribution in [0.15, 0.2) is 52.3 Å². The van der Waals surface area contributed by atoms with Gasteiger partial charge in [0.25, 0.3) is 0 Å². The Hall–Kier alpha value is -2.26. The van der Waals surface area contributed by atoms with E-state index in [0.717, 1.165) is 12.1 Å². The Kier molecular flexibility index (Phi) is 5.82. The number of phenolic OH excluding ortho intramolecular Hbond substituents is 1. The quantitative estimate of drug-likeness (QED) is 0.797. The molecule has 0 saturated heterocycles. The average molecular weight is 408 g/mol. The van der Waals surface area contributed by atoms with Gasteiger partial charge >= 0.3 is 12.1 Å². The Morgan fingerprint density at radius 1 is 1.08 bits per heavy atom. The second kappa shape index (κ2) is 7.55. The van der Waals surface area contributed by atoms with Crippen LogP contribution in [0.2, 0.25) is 5.02 Å². The van der Waals surface area contributed by atoms with E-state index < -0.39 is 21.9 Å². The van der Waals surface area contributed by atoms with Gasteiger partial charge in [-0.3, -0.25) is 4.79 Å². The number of benzene rings is 2. The van der Waals surface area contributed by atoms with Crippen molar-refractivity contribution in [1.29, 1.82) is 0 Å². The van der Waals surface area contributed by atoms with Gasteiger partial charge in [0.2, 0.25) is 9.84 Å². The summed E-state index contributed by atoms with van der Waals surface area (Å²) in [5, 5.41) is 11.0. The minimum absolute atomic E-state index is 0.0395. The highest BCUT2D eigenvalue weighted by Crippen LogP contribution is 2.29. The molecule has 2 N–H and O–H groups in total. The SMILES string of the molecule is O=C(NCCc1ccc(S(=O)(=O)c2ccc(O)c(Cl)c2)cc1)C(F)(F)F. The molecule has 0 bridgehead atoms. The standard InChI is InChI=1S/C16H13ClF3NO4S/c17-13-9-12(5-6-14(13)22)26(24,25)11-3-1-10(2-4-11)7-8-21-15(23)16(18,19)20/h1-6,9,22H,7-8H2,(H,21,23). The van der Waals surface area contributed by atoms with E-state index in [9.17, 15) is 31.5 Å². The van der Waals surface area contributed by atoms with Crippen molar-refractivity contribution in [2.24, 2.45) is 0 Å². The van der Waals surface area contributed by atoms with Crippen LogP contribution in [0.25, 0.3) is 0 Å². The first-order chi connectivity index (χ1) is 12.0. The van der Waals surface area contributed by atoms with E-state index >= 15 is 0 Å². The van der Waals surface area contributed by atoms with Crippen LogP contribution in [0.3, 0.4) is 0 Å². The molecule has 140 valence electrons. The van der Waals surface area contributed by atoms with Gasteiger partial charge in [-0.25, -0.2) is 8.42 Å². The van der Waals surface area contributed by atoms with E-state index in [1.165, 1.54) is 30.3 Å². The second-order valence-corrected chi connectivity index (χ2v) is 7.62. The first-order valence-corrected chi connectivity index (χ1v) is 9.05. The molecule has 10 heteroatoms. The number of phenols is 1. The molecule has 0 saturated carbocycles. The summed E-state index contributed by atoms with van der Waals surface area (Å²) in [6.07, 6.45) is -4.84. The van der Waals surface area contributed by atoms with Gasteiger partial charge in [-0.15, -0.1) is 0 Å². The molecule has 0 radical (unpaired) electrons. The molecule has 2 rings (SSSR count). The lowest BCUT2D eigenvalue weighted by Crippen LogP contribution is -2.37. The van der Waals surface area contributed by atoms with Crippen LogP contribution < -0.4 is 5.32 Å². The highest BCUT2D eigenvalue weighted by atomic mass is 35.5. The highest BCUT2D eigenvalue weighted by Gasteiger charge is 2.38. The molecule has 0 aliphatic heterocycles. The molecular weight excluding hydrogens is 395 g/mol. The van der Waals surface area contributed by atoms with E-state index in [1.54, 1.807) is 5.32 Å². The molecule has 0 aliphatic rings. The van der Waals surface area contributed by atoms with Gasteiger partial charge in [0.1, 0.15) is 5.75 Å². The molecule has 0 aliphatic carbocycles. The topological polar surface area (TPSA) is 83.5 Å². The Balaban J connectivity index is 2.09. The van der Waals surface area contributed by atoms with Gasteiger partial charge in [0, 0.05) is 6.54 Å². The smallest absolute Gasteiger partial charge is 0.471 e. The lowest BCUT2D eigenvalue weighted by atomic mass is 10.1. The van der Waals surface area contributed by atoms with Crippen molar-refractivity contribution in [1.82, 2.24) is 5.32 Å². The number of amides is 1. The lowest BCUT2D eigenvalue weighted by Gasteiger charge is -2.09. The van der Waals surface area contributed by atoms with E-state index in [1.807, 2.05) is 0 Å². The number of hydrogen-bond donors (Lipinski definition) is 2. The fourth-order valence-electron chi connectivity index (χ4n) is 2.05. The van der Waals surface area contributed by atoms with Crippen LogP contribution in [0.1, 0.15) is 5.56 Å². The predicted octanol–water partition coefficient (Wildman–Crippen LogP) is 3.10. The third-order valence-corrected chi connectivity index (χ3v) is 5.49. The Bertz CT molecular complexity index is 912. The summed E-state index contributed by atoms with van der Waals surface area (Å²) in [7, 11) is -3.86. The number of rotatable bonds is 5. The molecule has 0 fully saturated rings. The van der Waals surface area contributed by atoms with E-state index in [-0.39, 0.29) is 33.5 Å². The maximum atomic E-state index is 12.5. The summed E-state index contributed by atoms with van der Waals surface area (Å²) >= 11 is 5.72. The number of aromatic hydroxyl groups is 1. The van der Waals surface area contributed by atoms with Crippen LogP contribution in [0.4, 0.5) is 13.2 Å². The molecule has 5 nitrogen and oxygen atoms in total. The van der Waals surface area contributed by atoms with Gasteiger partial charge in [0.15, 0.2) is 0 Å². The average Bonchev–Trinajstić information content (AvgIpc) is 2.56. The van der Waals surface area contributed by atoms with Crippen molar-refractivity contribution in [3.05, 3.63) is 53.1 Å². The summed E-state index contributed by atoms with van der Waals surface area (Å²) in [6.45, 7) is -0.238. The van der Waals surface area contributed by atoms with E-state index in [4.69, 9.17) is 11.6 Å². The summed E-state index contributed by atoms with van der Waals surface area (Å²) in [5.41, 5.74) is 0.551. The van der Waals surface area contributed by atoms with Crippen LogP contribution >= 0.6 is 11.6 Å². The fraction of sp³-hybridized carbons (Fsp3) is 0.188. The number of hydrogen-bond acceptors (Lipinski definition) is 4. The number of sulfone groups is 1. The minimum atomic E-state index is -4.94. The zero-order chi connectivity index (χ0) is 19.5. The Morgan fingerprint density at radius 3 is 2.19 bits per heavy atom. The summed E-state index contributed by atoms with van der Waals surface area (Å²) in [6, 6.07) is 8.97. The van der Waals surface area contributed by atoms with Crippen molar-refractivity contribution in [3.8, 4) is 5.75 Å². The summed E-state index contributed by atoms with van der Waals surface area (Å²) in [5.74, 6) is -2.28. The lowest BCUT2D eigenvalue weighted by molar-refractivity contribution is -0.173. The zero-order valence-corrected chi connectivity index (χ0v) is 14.6. The third-order valence-electron chi connectivity index (χ3n) is 3.42. The zero-order valence-electron chi connectivity index (χ0n) is 13.0. The number of carbonyl (C=O) groups excluding carboxylic acids is 1. The largest absolute Gasteiger partial charge is 0.506 e. The molecule has 1 amide bonds. The van der Waals surface area contributed by atoms with Crippen LogP contribution in [0.5, 0.6) is 5.75 Å². The molecular formula is C16H13ClF3NO4S. The molecule has 0 atom stereocenters. The summed E-state index contributed by atoms with van der Waals surface area (Å²) in [4.78, 5) is 10.6. The molecule has 0 spiro atoms. The normalized spacial score (nSPS) is 12.0. The van der Waals surface area contributed by atoms with E-state index in [2.05, 4.69) is 0 Å². The first kappa shape index (κ1) is 20.1. The Labute approximate surface area is 152 Å². The van der Waals surface area contributed by atoms with Gasteiger partial charge in [-0.2, -0.15) is 13.2 Å². The van der Waals surface area contributed by atoms with Crippen molar-refractivity contribution in [3.63, 3.8) is 0 Å². The number of halogens is 4. The van der Waals surface area contributed by atoms with Crippen molar-refractivity contribution in [2.75, 3.05) is 6.54 Å². The van der Waals surface area contributed by atoms with Gasteiger partial charge in [-0.1, -0.05) is 23.7 Å². The predicted molar refractivity (Wildman–Crippen MR) is 87.8 cm³/mol. The summed E-state index contributed by atoms with van der Waals surface area (Å²) < 4.78 is 61.2. The van der Waals surface area contributed by atoms with E-state index in [0.29, 0.717) is 5.56 Å². The maximum absolute atomic E-state index is 12.5. The van der Waals surface area contributed by atoms with Crippen LogP contribution in [0, 0.1) is 0 Å². The molecule has 0 unspecified atom stereocenters. The molecule has 2 aromatic rings. The molecule has 0 heterocycles. The fourth-order valence-corrected chi connectivity index (χ4v) is 3.58. The van der Waals surface area contributed by atoms with Gasteiger partial charge in [0.05, 0.1) is 14.8 Å². The maximum Gasteiger partial charge on any atom is 0.471 e. The monoisotopic (exact) mass is 407 g/mol. The van der Waals surface area contributed by atoms with Gasteiger partial charge in [-0.05, 0) is 42.3 Å². The van der Waals surface area contributed by atoms with Crippen LogP contribution in [-0.2, 0) is 21.1 Å². The highest BCUT2D eigenvalue weighted by molar-refractivity contribution is 7.91. The van der Waals surface area contributed by atoms with Crippen molar-refractivity contribution >= 4 is 27.3 Å². The van der Waals surface area contributed by atoms with Crippen molar-refractivity contribution < 1.29 is 31.5 Å². The molecule has 26 heavy (non-hydrogen) atoms. The Morgan fingerprint density at radius 2 is 1.65 bits per heavy atom. The minimum Gasteiger partial charge on any atom is -0.506 e. The van der Waals surface area contributed by atoms with Crippen LogP contribution in [-0.4, -0.2) is 32.2 Å². The molecule has 0 aromatic heterocycles. The number of carbonyl (C=O) groups is 1. The molecule has 2 aromatic carbocycles. The van der Waals surface area contributed by atoms with Gasteiger partial charge < -0.3 is 10.4 Å². The first-order valence-electron chi connectivity index (χ1n) is 7.19. The number of alkyl halides is 3. The second-order valence-electron chi connectivity index (χ2n) is 5.26. The number of nitrogens with one attached hydrogen (secondary N) is 1. The third kappa shape index (κ3) is 4.67. The van der Waals surface area contributed by atoms with Crippen molar-refractivity contribution in [2.45, 2.75) is 22.4 Å².